The number of ether oxygens (including phenoxy) is 2. The van der Waals surface area contributed by atoms with Crippen molar-refractivity contribution in [1.82, 2.24) is 15.3 Å². The van der Waals surface area contributed by atoms with E-state index in [9.17, 15) is 5.26 Å². The molecule has 3 aromatic carbocycles. The first-order valence-electron chi connectivity index (χ1n) is 11.8. The van der Waals surface area contributed by atoms with Crippen molar-refractivity contribution in [3.05, 3.63) is 101 Å². The van der Waals surface area contributed by atoms with Crippen molar-refractivity contribution in [2.45, 2.75) is 19.4 Å². The van der Waals surface area contributed by atoms with Crippen LogP contribution in [-0.4, -0.2) is 42.2 Å². The lowest BCUT2D eigenvalue weighted by Gasteiger charge is -2.34. The minimum Gasteiger partial charge on any atom is -0.497 e. The summed E-state index contributed by atoms with van der Waals surface area (Å²) in [5.74, 6) is 2.90. The van der Waals surface area contributed by atoms with Gasteiger partial charge in [0.15, 0.2) is 12.1 Å². The third-order valence-corrected chi connectivity index (χ3v) is 6.08. The van der Waals surface area contributed by atoms with Gasteiger partial charge in [0, 0.05) is 24.7 Å². The number of hydrazine groups is 1. The van der Waals surface area contributed by atoms with Crippen LogP contribution < -0.4 is 20.6 Å². The second-order valence-corrected chi connectivity index (χ2v) is 8.58. The number of nitrogens with one attached hydrogen (secondary N) is 1. The van der Waals surface area contributed by atoms with Gasteiger partial charge in [-0.1, -0.05) is 36.4 Å². The first-order chi connectivity index (χ1) is 18.1. The van der Waals surface area contributed by atoms with Crippen molar-refractivity contribution in [3.8, 4) is 17.6 Å². The topological polar surface area (TPSA) is 112 Å². The van der Waals surface area contributed by atoms with Gasteiger partial charge in [-0.25, -0.2) is 15.0 Å². The van der Waals surface area contributed by atoms with Gasteiger partial charge in [0.2, 0.25) is 5.96 Å². The standard InChI is InChI=1S/C28H27N7O2/c1-36-23-10-6-19(7-11-23)17-34(18-20-8-12-24(37-2)13-9-20)28-31-25(15-26-32-27(30)33-35(26)28)22-5-3-4-21(14-22)16-29/h3-15,27,33H,17-18,30H2,1-2H3. The third-order valence-electron chi connectivity index (χ3n) is 6.08. The SMILES string of the molecule is COc1ccc(CN(Cc2ccc(OC)cc2)C2=NC(c3cccc(C#N)c3)=CC3=NC(N)NN32)cc1. The van der Waals surface area contributed by atoms with E-state index in [0.717, 1.165) is 28.2 Å². The van der Waals surface area contributed by atoms with Crippen LogP contribution in [0.25, 0.3) is 5.70 Å². The van der Waals surface area contributed by atoms with E-state index >= 15 is 0 Å². The molecule has 3 aromatic rings. The third kappa shape index (κ3) is 5.30. The zero-order chi connectivity index (χ0) is 25.8. The number of amidine groups is 1. The maximum Gasteiger partial charge on any atom is 0.223 e. The number of benzene rings is 3. The van der Waals surface area contributed by atoms with Crippen molar-refractivity contribution >= 4 is 17.5 Å². The highest BCUT2D eigenvalue weighted by Gasteiger charge is 2.32. The molecule has 0 aliphatic carbocycles. The number of hydrogen-bond acceptors (Lipinski definition) is 9. The van der Waals surface area contributed by atoms with Gasteiger partial charge in [-0.3, -0.25) is 5.73 Å². The molecular weight excluding hydrogens is 466 g/mol. The van der Waals surface area contributed by atoms with Crippen LogP contribution >= 0.6 is 0 Å². The summed E-state index contributed by atoms with van der Waals surface area (Å²) in [6.45, 7) is 1.14. The molecule has 0 amide bonds. The smallest absolute Gasteiger partial charge is 0.223 e. The van der Waals surface area contributed by atoms with E-state index in [2.05, 4.69) is 21.4 Å². The van der Waals surface area contributed by atoms with Gasteiger partial charge >= 0.3 is 0 Å². The van der Waals surface area contributed by atoms with E-state index in [4.69, 9.17) is 20.2 Å². The molecule has 0 radical (unpaired) electrons. The first-order valence-corrected chi connectivity index (χ1v) is 11.8. The number of rotatable bonds is 7. The monoisotopic (exact) mass is 493 g/mol. The molecule has 0 aromatic heterocycles. The van der Waals surface area contributed by atoms with Crippen LogP contribution in [0, 0.1) is 11.3 Å². The van der Waals surface area contributed by atoms with E-state index in [-0.39, 0.29) is 0 Å². The minimum atomic E-state index is -0.593. The summed E-state index contributed by atoms with van der Waals surface area (Å²) in [5.41, 5.74) is 13.6. The van der Waals surface area contributed by atoms with E-state index in [1.807, 2.05) is 77.8 Å². The lowest BCUT2D eigenvalue weighted by atomic mass is 10.1. The number of guanidine groups is 1. The lowest BCUT2D eigenvalue weighted by Crippen LogP contribution is -2.53. The Labute approximate surface area is 215 Å². The fourth-order valence-corrected chi connectivity index (χ4v) is 4.21. The van der Waals surface area contributed by atoms with Crippen LogP contribution in [0.5, 0.6) is 11.5 Å². The fraction of sp³-hybridized carbons (Fsp3) is 0.179. The van der Waals surface area contributed by atoms with Gasteiger partial charge < -0.3 is 14.4 Å². The highest BCUT2D eigenvalue weighted by Crippen LogP contribution is 2.26. The Kier molecular flexibility index (Phi) is 6.85. The van der Waals surface area contributed by atoms with Gasteiger partial charge in [0.25, 0.3) is 0 Å². The Morgan fingerprint density at radius 2 is 1.59 bits per heavy atom. The molecule has 0 saturated carbocycles. The zero-order valence-corrected chi connectivity index (χ0v) is 20.6. The quantitative estimate of drug-likeness (QED) is 0.519. The molecule has 1 atom stereocenters. The first kappa shape index (κ1) is 24.1. The summed E-state index contributed by atoms with van der Waals surface area (Å²) in [6, 6.07) is 25.5. The normalized spacial score (nSPS) is 16.2. The number of hydrogen-bond donors (Lipinski definition) is 2. The van der Waals surface area contributed by atoms with E-state index < -0.39 is 6.29 Å². The summed E-state index contributed by atoms with van der Waals surface area (Å²) < 4.78 is 10.7. The Bertz CT molecular complexity index is 1360. The van der Waals surface area contributed by atoms with Crippen LogP contribution in [0.15, 0.2) is 88.9 Å². The summed E-state index contributed by atoms with van der Waals surface area (Å²) in [7, 11) is 3.31. The molecule has 9 heteroatoms. The van der Waals surface area contributed by atoms with Gasteiger partial charge in [-0.2, -0.15) is 10.7 Å². The predicted molar refractivity (Wildman–Crippen MR) is 142 cm³/mol. The molecule has 0 bridgehead atoms. The molecule has 37 heavy (non-hydrogen) atoms. The Hall–Kier alpha value is -4.65. The fourth-order valence-electron chi connectivity index (χ4n) is 4.21. The molecular formula is C28H27N7O2. The van der Waals surface area contributed by atoms with Crippen molar-refractivity contribution in [2.75, 3.05) is 14.2 Å². The minimum absolute atomic E-state index is 0.564. The molecule has 2 heterocycles. The lowest BCUT2D eigenvalue weighted by molar-refractivity contribution is 0.316. The number of nitriles is 1. The molecule has 2 aliphatic rings. The van der Waals surface area contributed by atoms with Gasteiger partial charge in [-0.05, 0) is 47.5 Å². The van der Waals surface area contributed by atoms with Crippen LogP contribution in [0.2, 0.25) is 0 Å². The molecule has 3 N–H and O–H groups in total. The maximum absolute atomic E-state index is 9.40. The maximum atomic E-state index is 9.40. The summed E-state index contributed by atoms with van der Waals surface area (Å²) >= 11 is 0. The number of aliphatic imine (C=N–C) groups is 2. The number of fused-ring (bicyclic) bond motifs is 1. The molecule has 0 saturated heterocycles. The van der Waals surface area contributed by atoms with Crippen LogP contribution in [0.4, 0.5) is 0 Å². The van der Waals surface area contributed by atoms with Crippen molar-refractivity contribution < 1.29 is 9.47 Å². The van der Waals surface area contributed by atoms with E-state index in [0.29, 0.717) is 36.1 Å². The molecule has 9 nitrogen and oxygen atoms in total. The Morgan fingerprint density at radius 3 is 2.16 bits per heavy atom. The van der Waals surface area contributed by atoms with Crippen molar-refractivity contribution in [3.63, 3.8) is 0 Å². The van der Waals surface area contributed by atoms with Gasteiger partial charge in [0.1, 0.15) is 11.5 Å². The number of nitrogens with two attached hydrogens (primary N) is 1. The molecule has 1 unspecified atom stereocenters. The van der Waals surface area contributed by atoms with Crippen LogP contribution in [0.3, 0.4) is 0 Å². The van der Waals surface area contributed by atoms with Crippen molar-refractivity contribution in [1.29, 1.82) is 5.26 Å². The molecule has 0 fully saturated rings. The van der Waals surface area contributed by atoms with E-state index in [1.165, 1.54) is 0 Å². The highest BCUT2D eigenvalue weighted by atomic mass is 16.5. The number of methoxy groups -OCH3 is 2. The molecule has 0 spiro atoms. The molecule has 2 aliphatic heterocycles. The Balaban J connectivity index is 1.55. The summed E-state index contributed by atoms with van der Waals surface area (Å²) in [5, 5.41) is 11.2. The molecule has 5 rings (SSSR count). The Morgan fingerprint density at radius 1 is 0.973 bits per heavy atom. The van der Waals surface area contributed by atoms with Gasteiger partial charge in [-0.15, -0.1) is 0 Å². The predicted octanol–water partition coefficient (Wildman–Crippen LogP) is 3.45. The van der Waals surface area contributed by atoms with Crippen LogP contribution in [0.1, 0.15) is 22.3 Å². The summed E-state index contributed by atoms with van der Waals surface area (Å²) in [4.78, 5) is 11.7. The van der Waals surface area contributed by atoms with Crippen molar-refractivity contribution in [2.24, 2.45) is 15.7 Å². The zero-order valence-electron chi connectivity index (χ0n) is 20.6. The summed E-state index contributed by atoms with van der Waals surface area (Å²) in [6.07, 6.45) is 1.28. The number of nitrogens with zero attached hydrogens (tertiary/aromatic N) is 5. The second kappa shape index (κ2) is 10.5. The van der Waals surface area contributed by atoms with E-state index in [1.54, 1.807) is 20.3 Å². The molecule has 186 valence electrons. The average Bonchev–Trinajstić information content (AvgIpc) is 3.33. The highest BCUT2D eigenvalue weighted by molar-refractivity contribution is 6.13. The largest absolute Gasteiger partial charge is 0.497 e. The second-order valence-electron chi connectivity index (χ2n) is 8.58. The van der Waals surface area contributed by atoms with Gasteiger partial charge in [0.05, 0.1) is 31.5 Å². The average molecular weight is 494 g/mol. The van der Waals surface area contributed by atoms with Crippen LogP contribution in [-0.2, 0) is 13.1 Å².